The summed E-state index contributed by atoms with van der Waals surface area (Å²) in [4.78, 5) is 23.5. The van der Waals surface area contributed by atoms with Crippen molar-refractivity contribution < 1.29 is 14.7 Å². The Balaban J connectivity index is 2.38. The molecule has 0 spiro atoms. The summed E-state index contributed by atoms with van der Waals surface area (Å²) in [6, 6.07) is 11.9. The monoisotopic (exact) mass is 281 g/mol. The van der Waals surface area contributed by atoms with Crippen molar-refractivity contribution in [3.05, 3.63) is 59.2 Å². The number of phenolic OH excluding ortho intramolecular Hbond substituents is 1. The van der Waals surface area contributed by atoms with Gasteiger partial charge in [-0.1, -0.05) is 12.1 Å². The lowest BCUT2D eigenvalue weighted by Crippen LogP contribution is -2.20. The van der Waals surface area contributed by atoms with E-state index in [9.17, 15) is 14.7 Å². The van der Waals surface area contributed by atoms with Gasteiger partial charge >= 0.3 is 0 Å². The number of carbonyl (C=O) groups excluding carboxylic acids is 2. The van der Waals surface area contributed by atoms with Crippen molar-refractivity contribution in [1.29, 1.82) is 5.26 Å². The van der Waals surface area contributed by atoms with Gasteiger partial charge in [0.05, 0.1) is 22.4 Å². The number of benzene rings is 2. The van der Waals surface area contributed by atoms with Gasteiger partial charge in [0.15, 0.2) is 0 Å². The molecular formula is C15H11N3O3. The van der Waals surface area contributed by atoms with Gasteiger partial charge < -0.3 is 16.2 Å². The Hall–Kier alpha value is -3.33. The van der Waals surface area contributed by atoms with Crippen LogP contribution >= 0.6 is 0 Å². The SMILES string of the molecule is N#Cc1ccc(O)cc1NC(=O)c1ccccc1C(N)=O. The van der Waals surface area contributed by atoms with Crippen molar-refractivity contribution in [2.45, 2.75) is 0 Å². The molecule has 2 aromatic rings. The summed E-state index contributed by atoms with van der Waals surface area (Å²) in [7, 11) is 0. The van der Waals surface area contributed by atoms with Gasteiger partial charge in [-0.15, -0.1) is 0 Å². The van der Waals surface area contributed by atoms with E-state index in [0.29, 0.717) is 0 Å². The summed E-state index contributed by atoms with van der Waals surface area (Å²) < 4.78 is 0. The number of nitriles is 1. The molecule has 4 N–H and O–H groups in total. The standard InChI is InChI=1S/C15H11N3O3/c16-8-9-5-6-10(19)7-13(9)18-15(21)12-4-2-1-3-11(12)14(17)20/h1-7,19H,(H2,17,20)(H,18,21). The van der Waals surface area contributed by atoms with Gasteiger partial charge in [-0.3, -0.25) is 9.59 Å². The molecule has 0 aliphatic heterocycles. The van der Waals surface area contributed by atoms with E-state index in [-0.39, 0.29) is 28.1 Å². The Labute approximate surface area is 120 Å². The number of primary amides is 1. The van der Waals surface area contributed by atoms with Gasteiger partial charge in [-0.2, -0.15) is 5.26 Å². The van der Waals surface area contributed by atoms with Crippen LogP contribution in [0.4, 0.5) is 5.69 Å². The van der Waals surface area contributed by atoms with Crippen LogP contribution in [0, 0.1) is 11.3 Å². The number of hydrogen-bond donors (Lipinski definition) is 3. The van der Waals surface area contributed by atoms with Crippen molar-refractivity contribution in [1.82, 2.24) is 0 Å². The number of amides is 2. The third-order valence-corrected chi connectivity index (χ3v) is 2.81. The lowest BCUT2D eigenvalue weighted by atomic mass is 10.1. The second-order valence-corrected chi connectivity index (χ2v) is 4.21. The van der Waals surface area contributed by atoms with E-state index >= 15 is 0 Å². The van der Waals surface area contributed by atoms with Gasteiger partial charge in [0.25, 0.3) is 5.91 Å². The molecule has 0 atom stereocenters. The molecule has 0 aliphatic carbocycles. The van der Waals surface area contributed by atoms with Crippen LogP contribution in [-0.4, -0.2) is 16.9 Å². The summed E-state index contributed by atoms with van der Waals surface area (Å²) in [6.07, 6.45) is 0. The molecule has 2 aromatic carbocycles. The number of carbonyl (C=O) groups is 2. The van der Waals surface area contributed by atoms with E-state index in [1.165, 1.54) is 30.3 Å². The topological polar surface area (TPSA) is 116 Å². The van der Waals surface area contributed by atoms with Crippen LogP contribution in [-0.2, 0) is 0 Å². The number of rotatable bonds is 3. The van der Waals surface area contributed by atoms with Crippen LogP contribution in [0.25, 0.3) is 0 Å². The molecule has 0 unspecified atom stereocenters. The Bertz CT molecular complexity index is 763. The van der Waals surface area contributed by atoms with E-state index < -0.39 is 11.8 Å². The smallest absolute Gasteiger partial charge is 0.256 e. The fraction of sp³-hybridized carbons (Fsp3) is 0. The summed E-state index contributed by atoms with van der Waals surface area (Å²) in [5.74, 6) is -1.41. The normalized spacial score (nSPS) is 9.67. The summed E-state index contributed by atoms with van der Waals surface area (Å²) >= 11 is 0. The number of nitrogens with two attached hydrogens (primary N) is 1. The first-order valence-electron chi connectivity index (χ1n) is 5.96. The van der Waals surface area contributed by atoms with Crippen LogP contribution in [0.3, 0.4) is 0 Å². The highest BCUT2D eigenvalue weighted by molar-refractivity contribution is 6.12. The van der Waals surface area contributed by atoms with Crippen LogP contribution in [0.1, 0.15) is 26.3 Å². The molecule has 6 heteroatoms. The Morgan fingerprint density at radius 2 is 1.81 bits per heavy atom. The molecule has 21 heavy (non-hydrogen) atoms. The predicted octanol–water partition coefficient (Wildman–Crippen LogP) is 1.62. The zero-order valence-corrected chi connectivity index (χ0v) is 10.8. The molecule has 0 radical (unpaired) electrons. The molecular weight excluding hydrogens is 270 g/mol. The first-order chi connectivity index (χ1) is 10.0. The third-order valence-electron chi connectivity index (χ3n) is 2.81. The highest BCUT2D eigenvalue weighted by Gasteiger charge is 2.16. The molecule has 0 fully saturated rings. The Kier molecular flexibility index (Phi) is 3.86. The van der Waals surface area contributed by atoms with Gasteiger partial charge in [0.2, 0.25) is 5.91 Å². The van der Waals surface area contributed by atoms with Gasteiger partial charge in [0.1, 0.15) is 11.8 Å². The van der Waals surface area contributed by atoms with Crippen LogP contribution in [0.5, 0.6) is 5.75 Å². The summed E-state index contributed by atoms with van der Waals surface area (Å²) in [6.45, 7) is 0. The average Bonchev–Trinajstić information content (AvgIpc) is 2.47. The fourth-order valence-electron chi connectivity index (χ4n) is 1.82. The van der Waals surface area contributed by atoms with E-state index in [1.807, 2.05) is 6.07 Å². The number of anilines is 1. The van der Waals surface area contributed by atoms with Crippen LogP contribution in [0.2, 0.25) is 0 Å². The lowest BCUT2D eigenvalue weighted by Gasteiger charge is -2.09. The maximum absolute atomic E-state index is 12.2. The van der Waals surface area contributed by atoms with Crippen molar-refractivity contribution >= 4 is 17.5 Å². The molecule has 2 amide bonds. The number of nitrogens with one attached hydrogen (secondary N) is 1. The fourth-order valence-corrected chi connectivity index (χ4v) is 1.82. The number of phenols is 1. The number of hydrogen-bond acceptors (Lipinski definition) is 4. The first-order valence-corrected chi connectivity index (χ1v) is 5.96. The molecule has 104 valence electrons. The van der Waals surface area contributed by atoms with E-state index in [2.05, 4.69) is 5.32 Å². The Morgan fingerprint density at radius 1 is 1.14 bits per heavy atom. The van der Waals surface area contributed by atoms with Gasteiger partial charge in [0, 0.05) is 6.07 Å². The average molecular weight is 281 g/mol. The minimum Gasteiger partial charge on any atom is -0.508 e. The lowest BCUT2D eigenvalue weighted by molar-refractivity contribution is 0.0977. The van der Waals surface area contributed by atoms with Crippen molar-refractivity contribution in [3.63, 3.8) is 0 Å². The molecule has 0 aromatic heterocycles. The largest absolute Gasteiger partial charge is 0.508 e. The van der Waals surface area contributed by atoms with Crippen molar-refractivity contribution in [3.8, 4) is 11.8 Å². The third kappa shape index (κ3) is 2.98. The van der Waals surface area contributed by atoms with Crippen LogP contribution < -0.4 is 11.1 Å². The minimum atomic E-state index is -0.725. The van der Waals surface area contributed by atoms with Gasteiger partial charge in [-0.25, -0.2) is 0 Å². The van der Waals surface area contributed by atoms with Crippen LogP contribution in [0.15, 0.2) is 42.5 Å². The maximum Gasteiger partial charge on any atom is 0.256 e. The van der Waals surface area contributed by atoms with Crippen molar-refractivity contribution in [2.24, 2.45) is 5.73 Å². The molecule has 0 bridgehead atoms. The Morgan fingerprint density at radius 3 is 2.43 bits per heavy atom. The molecule has 0 heterocycles. The van der Waals surface area contributed by atoms with Crippen molar-refractivity contribution in [2.75, 3.05) is 5.32 Å². The van der Waals surface area contributed by atoms with Gasteiger partial charge in [-0.05, 0) is 24.3 Å². The van der Waals surface area contributed by atoms with E-state index in [1.54, 1.807) is 12.1 Å². The zero-order valence-electron chi connectivity index (χ0n) is 10.8. The molecule has 0 saturated carbocycles. The minimum absolute atomic E-state index is 0.0775. The highest BCUT2D eigenvalue weighted by Crippen LogP contribution is 2.22. The molecule has 2 rings (SSSR count). The highest BCUT2D eigenvalue weighted by atomic mass is 16.3. The quantitative estimate of drug-likeness (QED) is 0.792. The predicted molar refractivity (Wildman–Crippen MR) is 75.7 cm³/mol. The molecule has 6 nitrogen and oxygen atoms in total. The summed E-state index contributed by atoms with van der Waals surface area (Å²) in [5, 5.41) is 20.9. The molecule has 0 aliphatic rings. The second kappa shape index (κ2) is 5.75. The van der Waals surface area contributed by atoms with E-state index in [0.717, 1.165) is 0 Å². The molecule has 0 saturated heterocycles. The summed E-state index contributed by atoms with van der Waals surface area (Å²) in [5.41, 5.74) is 5.73. The zero-order chi connectivity index (χ0) is 15.4. The van der Waals surface area contributed by atoms with E-state index in [4.69, 9.17) is 11.0 Å². The number of nitrogens with zero attached hydrogens (tertiary/aromatic N) is 1. The maximum atomic E-state index is 12.2. The number of aromatic hydroxyl groups is 1. The second-order valence-electron chi connectivity index (χ2n) is 4.21. The first kappa shape index (κ1) is 14.1.